The molecule has 0 aliphatic rings. The standard InChI is InChI=1S/C6H6N2.CH4/c1-3-6-4-8(2)5-7-6;/h1,4-5H,2H3;1H4. The number of nitrogens with zero attached hydrogens (tertiary/aromatic N) is 2. The van der Waals surface area contributed by atoms with Crippen molar-refractivity contribution in [1.29, 1.82) is 0 Å². The number of rotatable bonds is 0. The van der Waals surface area contributed by atoms with Crippen LogP contribution in [-0.4, -0.2) is 9.55 Å². The first-order valence-electron chi connectivity index (χ1n) is 2.27. The molecule has 0 saturated heterocycles. The lowest BCUT2D eigenvalue weighted by Crippen LogP contribution is -1.77. The second-order valence-electron chi connectivity index (χ2n) is 1.57. The van der Waals surface area contributed by atoms with Crippen molar-refractivity contribution in [2.45, 2.75) is 7.43 Å². The van der Waals surface area contributed by atoms with Gasteiger partial charge in [-0.3, -0.25) is 0 Å². The van der Waals surface area contributed by atoms with E-state index in [1.807, 2.05) is 11.6 Å². The Hall–Kier alpha value is -1.23. The monoisotopic (exact) mass is 122 g/mol. The van der Waals surface area contributed by atoms with Crippen LogP contribution in [0.15, 0.2) is 12.5 Å². The highest BCUT2D eigenvalue weighted by Crippen LogP contribution is 1.87. The molecule has 0 radical (unpaired) electrons. The molecule has 1 aromatic rings. The van der Waals surface area contributed by atoms with Crippen molar-refractivity contribution in [3.05, 3.63) is 18.2 Å². The molecule has 0 bridgehead atoms. The maximum atomic E-state index is 5.04. The highest BCUT2D eigenvalue weighted by Gasteiger charge is 1.85. The van der Waals surface area contributed by atoms with Crippen LogP contribution in [0.1, 0.15) is 13.1 Å². The highest BCUT2D eigenvalue weighted by atomic mass is 15.0. The first-order valence-corrected chi connectivity index (χ1v) is 2.27. The highest BCUT2D eigenvalue weighted by molar-refractivity contribution is 5.20. The summed E-state index contributed by atoms with van der Waals surface area (Å²) in [6.07, 6.45) is 8.50. The summed E-state index contributed by atoms with van der Waals surface area (Å²) in [5.74, 6) is 2.42. The molecule has 0 saturated carbocycles. The molecular weight excluding hydrogens is 112 g/mol. The van der Waals surface area contributed by atoms with Gasteiger partial charge < -0.3 is 4.57 Å². The Morgan fingerprint density at radius 1 is 1.78 bits per heavy atom. The predicted molar refractivity (Wildman–Crippen MR) is 37.9 cm³/mol. The molecule has 0 N–H and O–H groups in total. The average Bonchev–Trinajstić information content (AvgIpc) is 2.14. The second kappa shape index (κ2) is 2.93. The second-order valence-corrected chi connectivity index (χ2v) is 1.57. The summed E-state index contributed by atoms with van der Waals surface area (Å²) < 4.78 is 1.81. The molecule has 0 aliphatic carbocycles. The van der Waals surface area contributed by atoms with Crippen molar-refractivity contribution in [2.75, 3.05) is 0 Å². The zero-order chi connectivity index (χ0) is 5.98. The van der Waals surface area contributed by atoms with E-state index in [1.54, 1.807) is 12.5 Å². The third-order valence-electron chi connectivity index (χ3n) is 0.853. The van der Waals surface area contributed by atoms with Gasteiger partial charge in [-0.15, -0.1) is 6.42 Å². The van der Waals surface area contributed by atoms with Gasteiger partial charge in [-0.05, 0) is 5.92 Å². The minimum absolute atomic E-state index is 0. The van der Waals surface area contributed by atoms with Crippen LogP contribution in [0.3, 0.4) is 0 Å². The van der Waals surface area contributed by atoms with E-state index < -0.39 is 0 Å². The van der Waals surface area contributed by atoms with Crippen LogP contribution >= 0.6 is 0 Å². The van der Waals surface area contributed by atoms with Crippen molar-refractivity contribution in [3.8, 4) is 12.3 Å². The van der Waals surface area contributed by atoms with Crippen LogP contribution in [0, 0.1) is 12.3 Å². The molecule has 1 rings (SSSR count). The van der Waals surface area contributed by atoms with Gasteiger partial charge in [0.05, 0.1) is 6.33 Å². The Morgan fingerprint density at radius 3 is 2.67 bits per heavy atom. The molecule has 2 nitrogen and oxygen atoms in total. The predicted octanol–water partition coefficient (Wildman–Crippen LogP) is 1.04. The van der Waals surface area contributed by atoms with Gasteiger partial charge >= 0.3 is 0 Å². The van der Waals surface area contributed by atoms with Gasteiger partial charge in [0.1, 0.15) is 5.69 Å². The molecule has 2 heteroatoms. The minimum Gasteiger partial charge on any atom is -0.339 e. The average molecular weight is 122 g/mol. The van der Waals surface area contributed by atoms with Crippen molar-refractivity contribution in [2.24, 2.45) is 7.05 Å². The fourth-order valence-electron chi connectivity index (χ4n) is 0.487. The Bertz CT molecular complexity index is 217. The summed E-state index contributed by atoms with van der Waals surface area (Å²) in [6, 6.07) is 0. The summed E-state index contributed by atoms with van der Waals surface area (Å²) in [5, 5.41) is 0. The maximum Gasteiger partial charge on any atom is 0.130 e. The smallest absolute Gasteiger partial charge is 0.130 e. The van der Waals surface area contributed by atoms with E-state index in [0.717, 1.165) is 0 Å². The number of terminal acetylenes is 1. The number of hydrogen-bond acceptors (Lipinski definition) is 1. The van der Waals surface area contributed by atoms with Crippen molar-refractivity contribution >= 4 is 0 Å². The normalized spacial score (nSPS) is 7.56. The third-order valence-corrected chi connectivity index (χ3v) is 0.853. The lowest BCUT2D eigenvalue weighted by Gasteiger charge is -1.77. The topological polar surface area (TPSA) is 17.8 Å². The Kier molecular flexibility index (Phi) is 2.53. The van der Waals surface area contributed by atoms with Crippen molar-refractivity contribution in [3.63, 3.8) is 0 Å². The SMILES string of the molecule is C.C#Cc1cn(C)cn1. The van der Waals surface area contributed by atoms with Gasteiger partial charge in [0, 0.05) is 13.2 Å². The summed E-state index contributed by atoms with van der Waals surface area (Å²) in [7, 11) is 1.88. The van der Waals surface area contributed by atoms with E-state index >= 15 is 0 Å². The fraction of sp³-hybridized carbons (Fsp3) is 0.286. The van der Waals surface area contributed by atoms with Gasteiger partial charge in [0.2, 0.25) is 0 Å². The first-order chi connectivity index (χ1) is 3.83. The quantitative estimate of drug-likeness (QED) is 0.470. The summed E-state index contributed by atoms with van der Waals surface area (Å²) in [4.78, 5) is 3.86. The number of aromatic nitrogens is 2. The van der Waals surface area contributed by atoms with Gasteiger partial charge in [0.25, 0.3) is 0 Å². The molecule has 0 atom stereocenters. The molecular formula is C7H10N2. The zero-order valence-electron chi connectivity index (χ0n) is 4.63. The Labute approximate surface area is 55.5 Å². The van der Waals surface area contributed by atoms with E-state index in [9.17, 15) is 0 Å². The first kappa shape index (κ1) is 7.77. The van der Waals surface area contributed by atoms with Crippen LogP contribution in [0.5, 0.6) is 0 Å². The van der Waals surface area contributed by atoms with Gasteiger partial charge in [-0.2, -0.15) is 0 Å². The van der Waals surface area contributed by atoms with E-state index in [1.165, 1.54) is 0 Å². The fourth-order valence-corrected chi connectivity index (χ4v) is 0.487. The van der Waals surface area contributed by atoms with Crippen LogP contribution in [0.2, 0.25) is 0 Å². The van der Waals surface area contributed by atoms with Gasteiger partial charge in [0.15, 0.2) is 0 Å². The number of hydrogen-bond donors (Lipinski definition) is 0. The zero-order valence-corrected chi connectivity index (χ0v) is 4.63. The molecule has 1 heterocycles. The molecule has 0 aromatic carbocycles. The summed E-state index contributed by atoms with van der Waals surface area (Å²) in [6.45, 7) is 0. The van der Waals surface area contributed by atoms with E-state index in [0.29, 0.717) is 5.69 Å². The Balaban J connectivity index is 0.000000640. The van der Waals surface area contributed by atoms with E-state index in [-0.39, 0.29) is 7.43 Å². The lowest BCUT2D eigenvalue weighted by molar-refractivity contribution is 0.913. The maximum absolute atomic E-state index is 5.04. The van der Waals surface area contributed by atoms with Crippen molar-refractivity contribution < 1.29 is 0 Å². The lowest BCUT2D eigenvalue weighted by atomic mass is 10.5. The molecule has 0 spiro atoms. The molecule has 0 unspecified atom stereocenters. The largest absolute Gasteiger partial charge is 0.339 e. The molecule has 0 aliphatic heterocycles. The molecule has 9 heavy (non-hydrogen) atoms. The van der Waals surface area contributed by atoms with E-state index in [4.69, 9.17) is 6.42 Å². The van der Waals surface area contributed by atoms with Gasteiger partial charge in [-0.25, -0.2) is 4.98 Å². The molecule has 1 aromatic heterocycles. The van der Waals surface area contributed by atoms with Crippen LogP contribution in [0.25, 0.3) is 0 Å². The Morgan fingerprint density at radius 2 is 2.44 bits per heavy atom. The number of imidazole rings is 1. The summed E-state index contributed by atoms with van der Waals surface area (Å²) >= 11 is 0. The summed E-state index contributed by atoms with van der Waals surface area (Å²) in [5.41, 5.74) is 0.688. The minimum atomic E-state index is 0. The third kappa shape index (κ3) is 1.61. The van der Waals surface area contributed by atoms with Crippen LogP contribution < -0.4 is 0 Å². The molecule has 0 amide bonds. The van der Waals surface area contributed by atoms with Gasteiger partial charge in [-0.1, -0.05) is 7.43 Å². The van der Waals surface area contributed by atoms with Crippen LogP contribution in [0.4, 0.5) is 0 Å². The van der Waals surface area contributed by atoms with E-state index in [2.05, 4.69) is 10.9 Å². The number of aryl methyl sites for hydroxylation is 1. The molecule has 0 fully saturated rings. The molecule has 48 valence electrons. The van der Waals surface area contributed by atoms with Crippen LogP contribution in [-0.2, 0) is 7.05 Å². The van der Waals surface area contributed by atoms with Crippen molar-refractivity contribution in [1.82, 2.24) is 9.55 Å².